The largest absolute Gasteiger partial charge is 0.449 e. The van der Waals surface area contributed by atoms with Gasteiger partial charge in [0.05, 0.1) is 10.0 Å². The molecule has 2 nitrogen and oxygen atoms in total. The first-order chi connectivity index (χ1) is 9.40. The number of ether oxygens (including phenoxy) is 2. The van der Waals surface area contributed by atoms with Crippen molar-refractivity contribution in [3.8, 4) is 23.0 Å². The Morgan fingerprint density at radius 3 is 1.45 bits per heavy atom. The number of fused-ring (bicyclic) bond motifs is 2. The van der Waals surface area contributed by atoms with Gasteiger partial charge in [-0.3, -0.25) is 0 Å². The van der Waals surface area contributed by atoms with Crippen molar-refractivity contribution < 1.29 is 9.47 Å². The van der Waals surface area contributed by atoms with Crippen LogP contribution in [0.1, 0.15) is 0 Å². The van der Waals surface area contributed by atoms with E-state index in [1.54, 1.807) is 12.1 Å². The molecule has 0 spiro atoms. The molecule has 0 atom stereocenters. The molecule has 104 valence electrons. The molecule has 0 fully saturated rings. The lowest BCUT2D eigenvalue weighted by molar-refractivity contribution is 0.359. The van der Waals surface area contributed by atoms with Gasteiger partial charge < -0.3 is 9.47 Å². The van der Waals surface area contributed by atoms with Gasteiger partial charge in [-0.2, -0.15) is 0 Å². The van der Waals surface area contributed by atoms with Crippen molar-refractivity contribution in [3.05, 3.63) is 41.2 Å². The van der Waals surface area contributed by atoms with Crippen LogP contribution in [0.5, 0.6) is 23.0 Å². The summed E-state index contributed by atoms with van der Waals surface area (Å²) >= 11 is 31.0. The normalized spacial score (nSPS) is 12.3. The van der Waals surface area contributed by atoms with Crippen LogP contribution in [0, 0.1) is 0 Å². The fourth-order valence-corrected chi connectivity index (χ4v) is 3.46. The van der Waals surface area contributed by atoms with Crippen LogP contribution < -0.4 is 9.47 Å². The molecule has 0 amide bonds. The van der Waals surface area contributed by atoms with Crippen molar-refractivity contribution in [1.29, 1.82) is 0 Å². The molecule has 0 bridgehead atoms. The van der Waals surface area contributed by atoms with Crippen molar-refractivity contribution in [2.75, 3.05) is 0 Å². The second-order valence-electron chi connectivity index (χ2n) is 3.83. The van der Waals surface area contributed by atoms with Crippen molar-refractivity contribution in [2.45, 2.75) is 0 Å². The molecule has 2 aromatic rings. The van der Waals surface area contributed by atoms with Gasteiger partial charge in [-0.05, 0) is 31.9 Å². The molecule has 0 N–H and O–H groups in total. The summed E-state index contributed by atoms with van der Waals surface area (Å²) in [5.74, 6) is 1.47. The molecule has 1 aliphatic heterocycles. The SMILES string of the molecule is Clc1c(Br)cc2c(c1Cl)Oc1c(cc(Br)c(Cl)c1Cl)O2. The van der Waals surface area contributed by atoms with Crippen molar-refractivity contribution in [1.82, 2.24) is 0 Å². The highest BCUT2D eigenvalue weighted by molar-refractivity contribution is 9.10. The molecular formula is C12H2Br2Cl4O2. The van der Waals surface area contributed by atoms with Gasteiger partial charge in [-0.1, -0.05) is 46.4 Å². The zero-order valence-corrected chi connectivity index (χ0v) is 15.4. The maximum absolute atomic E-state index is 6.15. The van der Waals surface area contributed by atoms with Crippen LogP contribution in [0.4, 0.5) is 0 Å². The van der Waals surface area contributed by atoms with E-state index in [0.29, 0.717) is 42.0 Å². The van der Waals surface area contributed by atoms with E-state index in [1.807, 2.05) is 0 Å². The molecular weight excluding hydrogens is 478 g/mol. The molecule has 0 radical (unpaired) electrons. The third-order valence-electron chi connectivity index (χ3n) is 2.59. The summed E-state index contributed by atoms with van der Waals surface area (Å²) in [6.45, 7) is 0. The minimum atomic E-state index is 0.233. The lowest BCUT2D eigenvalue weighted by Gasteiger charge is -2.23. The summed E-state index contributed by atoms with van der Waals surface area (Å²) in [6, 6.07) is 3.34. The molecule has 1 heterocycles. The summed E-state index contributed by atoms with van der Waals surface area (Å²) in [4.78, 5) is 0. The number of rotatable bonds is 0. The molecule has 0 saturated carbocycles. The molecule has 1 aliphatic rings. The number of benzene rings is 2. The third-order valence-corrected chi connectivity index (χ3v) is 6.00. The van der Waals surface area contributed by atoms with Crippen molar-refractivity contribution >= 4 is 78.3 Å². The number of hydrogen-bond acceptors (Lipinski definition) is 2. The summed E-state index contributed by atoms with van der Waals surface area (Å²) in [7, 11) is 0. The summed E-state index contributed by atoms with van der Waals surface area (Å²) in [5.41, 5.74) is 0. The van der Waals surface area contributed by atoms with Crippen molar-refractivity contribution in [2.24, 2.45) is 0 Å². The molecule has 2 aromatic carbocycles. The van der Waals surface area contributed by atoms with Gasteiger partial charge >= 0.3 is 0 Å². The molecule has 0 saturated heterocycles. The quantitative estimate of drug-likeness (QED) is 0.307. The lowest BCUT2D eigenvalue weighted by atomic mass is 10.2. The van der Waals surface area contributed by atoms with E-state index in [2.05, 4.69) is 31.9 Å². The predicted molar refractivity (Wildman–Crippen MR) is 88.5 cm³/mol. The Hall–Kier alpha value is 0.160. The Morgan fingerprint density at radius 1 is 0.650 bits per heavy atom. The summed E-state index contributed by atoms with van der Waals surface area (Å²) < 4.78 is 12.7. The second-order valence-corrected chi connectivity index (χ2v) is 7.05. The van der Waals surface area contributed by atoms with Gasteiger partial charge in [0.15, 0.2) is 23.0 Å². The molecule has 0 aromatic heterocycles. The monoisotopic (exact) mass is 476 g/mol. The molecule has 20 heavy (non-hydrogen) atoms. The molecule has 0 aliphatic carbocycles. The van der Waals surface area contributed by atoms with Crippen molar-refractivity contribution in [3.63, 3.8) is 0 Å². The topological polar surface area (TPSA) is 18.5 Å². The average molecular weight is 480 g/mol. The molecule has 3 rings (SSSR count). The average Bonchev–Trinajstić information content (AvgIpc) is 2.41. The first-order valence-electron chi connectivity index (χ1n) is 5.11. The van der Waals surface area contributed by atoms with Crippen LogP contribution in [-0.2, 0) is 0 Å². The van der Waals surface area contributed by atoms with Crippen LogP contribution in [0.25, 0.3) is 0 Å². The fraction of sp³-hybridized carbons (Fsp3) is 0. The van der Waals surface area contributed by atoms with E-state index < -0.39 is 0 Å². The molecule has 0 unspecified atom stereocenters. The zero-order valence-electron chi connectivity index (χ0n) is 9.24. The standard InChI is InChI=1S/C12H2Br2Cl4O2/c13-3-1-5-11(9(17)7(3)15)20-12-6(19-5)2-4(14)8(16)10(12)18/h1-2H. The van der Waals surface area contributed by atoms with Crippen LogP contribution in [0.15, 0.2) is 21.1 Å². The minimum absolute atomic E-state index is 0.233. The first kappa shape index (κ1) is 15.1. The Balaban J connectivity index is 2.22. The number of halogens is 6. The highest BCUT2D eigenvalue weighted by Crippen LogP contribution is 2.56. The Kier molecular flexibility index (Phi) is 4.08. The van der Waals surface area contributed by atoms with Crippen LogP contribution in [0.3, 0.4) is 0 Å². The zero-order chi connectivity index (χ0) is 14.6. The van der Waals surface area contributed by atoms with Gasteiger partial charge in [0, 0.05) is 21.1 Å². The second kappa shape index (κ2) is 5.41. The van der Waals surface area contributed by atoms with Gasteiger partial charge in [-0.15, -0.1) is 0 Å². The minimum Gasteiger partial charge on any atom is -0.449 e. The van der Waals surface area contributed by atoms with E-state index in [-0.39, 0.29) is 10.0 Å². The van der Waals surface area contributed by atoms with E-state index >= 15 is 0 Å². The van der Waals surface area contributed by atoms with Gasteiger partial charge in [0.2, 0.25) is 0 Å². The summed E-state index contributed by atoms with van der Waals surface area (Å²) in [5, 5.41) is 1.13. The van der Waals surface area contributed by atoms with Gasteiger partial charge in [-0.25, -0.2) is 0 Å². The Labute approximate surface area is 151 Å². The summed E-state index contributed by atoms with van der Waals surface area (Å²) in [6.07, 6.45) is 0. The van der Waals surface area contributed by atoms with Gasteiger partial charge in [0.25, 0.3) is 0 Å². The Morgan fingerprint density at radius 2 is 1.05 bits per heavy atom. The highest BCUT2D eigenvalue weighted by atomic mass is 79.9. The van der Waals surface area contributed by atoms with Crippen LogP contribution >= 0.6 is 78.3 Å². The highest BCUT2D eigenvalue weighted by Gasteiger charge is 2.28. The Bertz CT molecular complexity index is 688. The smallest absolute Gasteiger partial charge is 0.190 e. The van der Waals surface area contributed by atoms with Gasteiger partial charge in [0.1, 0.15) is 10.0 Å². The fourth-order valence-electron chi connectivity index (χ4n) is 1.68. The predicted octanol–water partition coefficient (Wildman–Crippen LogP) is 7.72. The van der Waals surface area contributed by atoms with E-state index in [0.717, 1.165) is 0 Å². The maximum atomic E-state index is 6.15. The first-order valence-corrected chi connectivity index (χ1v) is 8.20. The maximum Gasteiger partial charge on any atom is 0.190 e. The number of hydrogen-bond donors (Lipinski definition) is 0. The van der Waals surface area contributed by atoms with E-state index in [9.17, 15) is 0 Å². The lowest BCUT2D eigenvalue weighted by Crippen LogP contribution is -2.01. The van der Waals surface area contributed by atoms with E-state index in [4.69, 9.17) is 55.9 Å². The van der Waals surface area contributed by atoms with Crippen LogP contribution in [-0.4, -0.2) is 0 Å². The third kappa shape index (κ3) is 2.31. The molecule has 8 heteroatoms. The van der Waals surface area contributed by atoms with Crippen LogP contribution in [0.2, 0.25) is 20.1 Å². The van der Waals surface area contributed by atoms with E-state index in [1.165, 1.54) is 0 Å².